The Bertz CT molecular complexity index is 1020. The Balaban J connectivity index is 0.00000103. The molecule has 5 nitrogen and oxygen atoms in total. The zero-order valence-electron chi connectivity index (χ0n) is 19.2. The first-order valence-electron chi connectivity index (χ1n) is 10.9. The molecule has 0 amide bonds. The summed E-state index contributed by atoms with van der Waals surface area (Å²) in [5.41, 5.74) is 5.83. The van der Waals surface area contributed by atoms with E-state index >= 15 is 0 Å². The van der Waals surface area contributed by atoms with Crippen LogP contribution in [0, 0.1) is 0 Å². The van der Waals surface area contributed by atoms with E-state index < -0.39 is 0 Å². The number of pyridine rings is 1. The minimum absolute atomic E-state index is 0.194. The van der Waals surface area contributed by atoms with Crippen LogP contribution in [0.2, 0.25) is 0 Å². The van der Waals surface area contributed by atoms with Gasteiger partial charge >= 0.3 is 33.3 Å². The van der Waals surface area contributed by atoms with Crippen LogP contribution < -0.4 is 9.47 Å². The minimum atomic E-state index is 0.194. The number of ether oxygens (including phenoxy) is 2. The Morgan fingerprint density at radius 3 is 1.50 bits per heavy atom. The van der Waals surface area contributed by atoms with E-state index in [1.807, 2.05) is 56.3 Å². The Morgan fingerprint density at radius 1 is 0.676 bits per heavy atom. The van der Waals surface area contributed by atoms with Gasteiger partial charge in [0.2, 0.25) is 0 Å². The summed E-state index contributed by atoms with van der Waals surface area (Å²) in [6.07, 6.45) is 0.821. The molecule has 5 heterocycles. The summed E-state index contributed by atoms with van der Waals surface area (Å²) in [6, 6.07) is 22.2. The Labute approximate surface area is 215 Å². The number of nitrogens with zero attached hydrogens (tertiary/aromatic N) is 3. The fraction of sp³-hybridized carbons (Fsp3) is 0.269. The predicted molar refractivity (Wildman–Crippen MR) is 136 cm³/mol. The van der Waals surface area contributed by atoms with E-state index in [1.54, 1.807) is 0 Å². The first-order valence-corrected chi connectivity index (χ1v) is 13.9. The van der Waals surface area contributed by atoms with Crippen LogP contribution in [-0.2, 0) is 26.2 Å². The molecule has 4 aliphatic rings. The van der Waals surface area contributed by atoms with E-state index in [9.17, 15) is 0 Å². The number of hydrogen-bond donors (Lipinski definition) is 0. The third kappa shape index (κ3) is 8.44. The molecular formula is C26H27Cl2FeN3O2. The monoisotopic (exact) mass is 539 g/mol. The molecule has 2 aromatic carbocycles. The molecule has 0 radical (unpaired) electrons. The Morgan fingerprint density at radius 2 is 1.09 bits per heavy atom. The van der Waals surface area contributed by atoms with E-state index in [4.69, 9.17) is 44.6 Å². The molecular weight excluding hydrogens is 513 g/mol. The molecule has 0 atom stereocenters. The molecule has 180 valence electrons. The number of benzene rings is 2. The molecule has 0 fully saturated rings. The van der Waals surface area contributed by atoms with Crippen LogP contribution in [0.15, 0.2) is 76.7 Å². The van der Waals surface area contributed by atoms with Crippen molar-refractivity contribution in [3.63, 3.8) is 0 Å². The van der Waals surface area contributed by atoms with Gasteiger partial charge in [0.1, 0.15) is 11.5 Å². The van der Waals surface area contributed by atoms with Crippen molar-refractivity contribution in [1.29, 1.82) is 0 Å². The summed E-state index contributed by atoms with van der Waals surface area (Å²) >= 11 is 0.194. The molecule has 1 aromatic heterocycles. The molecule has 0 saturated heterocycles. The van der Waals surface area contributed by atoms with Gasteiger partial charge in [0.05, 0.1) is 49.1 Å². The van der Waals surface area contributed by atoms with Crippen LogP contribution >= 0.6 is 20.2 Å². The van der Waals surface area contributed by atoms with Crippen LogP contribution in [0.25, 0.3) is 0 Å². The van der Waals surface area contributed by atoms with Crippen LogP contribution in [0.5, 0.6) is 11.5 Å². The number of aromatic nitrogens is 1. The van der Waals surface area contributed by atoms with Gasteiger partial charge in [0.25, 0.3) is 0 Å². The van der Waals surface area contributed by atoms with E-state index in [0.717, 1.165) is 51.9 Å². The molecule has 0 N–H and O–H groups in total. The van der Waals surface area contributed by atoms with Crippen molar-refractivity contribution in [1.82, 2.24) is 4.98 Å². The van der Waals surface area contributed by atoms with Crippen molar-refractivity contribution in [2.24, 2.45) is 9.98 Å². The van der Waals surface area contributed by atoms with Crippen molar-refractivity contribution < 1.29 is 22.6 Å². The van der Waals surface area contributed by atoms with Gasteiger partial charge in [-0.15, -0.1) is 0 Å². The summed E-state index contributed by atoms with van der Waals surface area (Å²) in [7, 11) is 9.53. The second-order valence-electron chi connectivity index (χ2n) is 7.60. The van der Waals surface area contributed by atoms with E-state index in [2.05, 4.69) is 24.3 Å². The maximum absolute atomic E-state index is 5.82. The number of halogens is 2. The summed E-state index contributed by atoms with van der Waals surface area (Å²) < 4.78 is 11.6. The zero-order valence-corrected chi connectivity index (χ0v) is 21.8. The average Bonchev–Trinajstić information content (AvgIpc) is 2.87. The summed E-state index contributed by atoms with van der Waals surface area (Å²) in [5, 5.41) is 0. The SMILES string of the molecule is CC1=NCc2ccc(cc2)OCCCOc2ccc(cc2)CN=C(C)c2cccc1n2.[Cl][Fe][Cl]. The fourth-order valence-corrected chi connectivity index (χ4v) is 3.24. The molecule has 3 aromatic rings. The molecule has 7 rings (SSSR count). The molecule has 0 saturated carbocycles. The van der Waals surface area contributed by atoms with Gasteiger partial charge in [0, 0.05) is 6.42 Å². The van der Waals surface area contributed by atoms with E-state index in [1.165, 1.54) is 0 Å². The molecule has 0 unspecified atom stereocenters. The standard InChI is InChI=1S/C26H27N3O2.2ClH.Fe/c1-19-25-5-3-6-26(29-25)20(2)28-18-22-9-13-24(14-10-22)31-16-4-15-30-23-11-7-21(8-12-23)17-27-19;;;/h3,5-14H,4,15-18H2,1-2H3;2*1H;/q;;;+2/p-2. The number of aliphatic imine (C=N–C) groups is 2. The van der Waals surface area contributed by atoms with Crippen molar-refractivity contribution >= 4 is 31.6 Å². The second kappa shape index (κ2) is 14.1. The number of hydrogen-bond acceptors (Lipinski definition) is 5. The Kier molecular flexibility index (Phi) is 10.9. The normalized spacial score (nSPS) is 14.4. The number of rotatable bonds is 0. The summed E-state index contributed by atoms with van der Waals surface area (Å²) in [6.45, 7) is 6.44. The fourth-order valence-electron chi connectivity index (χ4n) is 3.24. The first-order chi connectivity index (χ1) is 16.6. The summed E-state index contributed by atoms with van der Waals surface area (Å²) in [4.78, 5) is 14.2. The van der Waals surface area contributed by atoms with Gasteiger partial charge in [-0.05, 0) is 61.4 Å². The third-order valence-electron chi connectivity index (χ3n) is 5.16. The van der Waals surface area contributed by atoms with Crippen molar-refractivity contribution in [3.8, 4) is 11.5 Å². The van der Waals surface area contributed by atoms with Gasteiger partial charge < -0.3 is 9.47 Å². The second-order valence-corrected chi connectivity index (χ2v) is 9.42. The van der Waals surface area contributed by atoms with Crippen LogP contribution in [0.4, 0.5) is 0 Å². The zero-order chi connectivity index (χ0) is 24.2. The average molecular weight is 540 g/mol. The maximum atomic E-state index is 5.82. The topological polar surface area (TPSA) is 56.1 Å². The molecule has 0 spiro atoms. The van der Waals surface area contributed by atoms with Crippen molar-refractivity contribution in [2.75, 3.05) is 13.2 Å². The molecule has 34 heavy (non-hydrogen) atoms. The molecule has 4 aliphatic heterocycles. The van der Waals surface area contributed by atoms with Crippen LogP contribution in [0.3, 0.4) is 0 Å². The third-order valence-corrected chi connectivity index (χ3v) is 5.16. The summed E-state index contributed by atoms with van der Waals surface area (Å²) in [5.74, 6) is 1.72. The van der Waals surface area contributed by atoms with Crippen LogP contribution in [-0.4, -0.2) is 29.6 Å². The van der Waals surface area contributed by atoms with Gasteiger partial charge in [-0.25, -0.2) is 4.98 Å². The van der Waals surface area contributed by atoms with Crippen LogP contribution in [0.1, 0.15) is 42.8 Å². The van der Waals surface area contributed by atoms with Gasteiger partial charge in [-0.1, -0.05) is 30.3 Å². The van der Waals surface area contributed by atoms with Gasteiger partial charge in [0.15, 0.2) is 0 Å². The van der Waals surface area contributed by atoms with E-state index in [-0.39, 0.29) is 13.1 Å². The van der Waals surface area contributed by atoms with Crippen molar-refractivity contribution in [2.45, 2.75) is 33.4 Å². The molecule has 0 aliphatic carbocycles. The Hall–Kier alpha value is -2.37. The van der Waals surface area contributed by atoms with Gasteiger partial charge in [-0.3, -0.25) is 9.98 Å². The van der Waals surface area contributed by atoms with Crippen molar-refractivity contribution in [3.05, 3.63) is 89.2 Å². The molecule has 6 bridgehead atoms. The van der Waals surface area contributed by atoms with E-state index in [0.29, 0.717) is 26.3 Å². The quantitative estimate of drug-likeness (QED) is 0.301. The van der Waals surface area contributed by atoms with Gasteiger partial charge in [-0.2, -0.15) is 0 Å². The predicted octanol–water partition coefficient (Wildman–Crippen LogP) is 6.64. The molecule has 8 heteroatoms. The first kappa shape index (κ1) is 26.2.